The van der Waals surface area contributed by atoms with E-state index in [4.69, 9.17) is 0 Å². The Morgan fingerprint density at radius 2 is 1.89 bits per heavy atom. The summed E-state index contributed by atoms with van der Waals surface area (Å²) in [6.45, 7) is 4.46. The van der Waals surface area contributed by atoms with Gasteiger partial charge in [-0.2, -0.15) is 0 Å². The zero-order chi connectivity index (χ0) is 13.0. The molecule has 0 radical (unpaired) electrons. The van der Waals surface area contributed by atoms with E-state index >= 15 is 0 Å². The summed E-state index contributed by atoms with van der Waals surface area (Å²) in [6, 6.07) is 13.6. The highest BCUT2D eigenvalue weighted by Crippen LogP contribution is 2.29. The molecular weight excluding hydrogens is 306 g/mol. The van der Waals surface area contributed by atoms with Crippen molar-refractivity contribution in [1.29, 1.82) is 0 Å². The smallest absolute Gasteiger partial charge is 0.0399 e. The molecule has 2 atom stereocenters. The van der Waals surface area contributed by atoms with Gasteiger partial charge in [0.15, 0.2) is 0 Å². The van der Waals surface area contributed by atoms with Crippen molar-refractivity contribution < 1.29 is 0 Å². The van der Waals surface area contributed by atoms with Crippen molar-refractivity contribution in [3.8, 4) is 0 Å². The van der Waals surface area contributed by atoms with E-state index in [0.29, 0.717) is 12.1 Å². The summed E-state index contributed by atoms with van der Waals surface area (Å²) in [7, 11) is 0. The lowest BCUT2D eigenvalue weighted by atomic mass is 10.1. The highest BCUT2D eigenvalue weighted by atomic mass is 79.9. The van der Waals surface area contributed by atoms with Gasteiger partial charge in [0, 0.05) is 21.4 Å². The van der Waals surface area contributed by atoms with Crippen molar-refractivity contribution in [2.75, 3.05) is 0 Å². The average molecular weight is 324 g/mol. The highest BCUT2D eigenvalue weighted by Gasteiger charge is 2.13. The maximum Gasteiger partial charge on any atom is 0.0399 e. The molecular formula is C15H18BrNS. The molecule has 2 rings (SSSR count). The third-order valence-corrected chi connectivity index (χ3v) is 5.01. The molecule has 1 heterocycles. The summed E-state index contributed by atoms with van der Waals surface area (Å²) >= 11 is 5.39. The molecule has 1 aromatic carbocycles. The van der Waals surface area contributed by atoms with Gasteiger partial charge in [-0.3, -0.25) is 0 Å². The number of nitrogens with one attached hydrogen (secondary N) is 1. The van der Waals surface area contributed by atoms with Gasteiger partial charge >= 0.3 is 0 Å². The quantitative estimate of drug-likeness (QED) is 0.833. The van der Waals surface area contributed by atoms with Gasteiger partial charge in [0.1, 0.15) is 0 Å². The minimum Gasteiger partial charge on any atom is -0.307 e. The molecule has 96 valence electrons. The van der Waals surface area contributed by atoms with E-state index in [1.54, 1.807) is 11.3 Å². The zero-order valence-electron chi connectivity index (χ0n) is 10.7. The van der Waals surface area contributed by atoms with Gasteiger partial charge in [0.05, 0.1) is 0 Å². The average Bonchev–Trinajstić information content (AvgIpc) is 2.76. The molecule has 0 saturated heterocycles. The Labute approximate surface area is 121 Å². The Kier molecular flexibility index (Phi) is 4.98. The minimum absolute atomic E-state index is 0.387. The molecule has 0 saturated carbocycles. The lowest BCUT2D eigenvalue weighted by Gasteiger charge is -2.19. The van der Waals surface area contributed by atoms with Crippen molar-refractivity contribution >= 4 is 27.3 Å². The van der Waals surface area contributed by atoms with Crippen LogP contribution in [0.2, 0.25) is 0 Å². The molecule has 2 unspecified atom stereocenters. The lowest BCUT2D eigenvalue weighted by Crippen LogP contribution is -2.30. The number of benzene rings is 1. The Hall–Kier alpha value is -0.640. The van der Waals surface area contributed by atoms with Crippen LogP contribution in [0.15, 0.2) is 46.3 Å². The summed E-state index contributed by atoms with van der Waals surface area (Å²) in [5.41, 5.74) is 1.38. The second-order valence-corrected chi connectivity index (χ2v) is 6.41. The Balaban J connectivity index is 1.92. The van der Waals surface area contributed by atoms with Gasteiger partial charge in [-0.1, -0.05) is 30.3 Å². The molecule has 0 aliphatic heterocycles. The first kappa shape index (κ1) is 13.8. The van der Waals surface area contributed by atoms with Crippen molar-refractivity contribution in [2.45, 2.75) is 32.4 Å². The third kappa shape index (κ3) is 3.67. The predicted octanol–water partition coefficient (Wildman–Crippen LogP) is 4.79. The van der Waals surface area contributed by atoms with E-state index in [0.717, 1.165) is 6.42 Å². The zero-order valence-corrected chi connectivity index (χ0v) is 13.1. The van der Waals surface area contributed by atoms with Crippen molar-refractivity contribution in [3.05, 3.63) is 56.7 Å². The van der Waals surface area contributed by atoms with Crippen LogP contribution in [0.1, 0.15) is 30.3 Å². The van der Waals surface area contributed by atoms with Crippen molar-refractivity contribution in [3.63, 3.8) is 0 Å². The molecule has 0 aliphatic carbocycles. The minimum atomic E-state index is 0.387. The van der Waals surface area contributed by atoms with E-state index in [2.05, 4.69) is 76.9 Å². The van der Waals surface area contributed by atoms with Gasteiger partial charge in [-0.15, -0.1) is 11.3 Å². The Morgan fingerprint density at radius 1 is 1.17 bits per heavy atom. The summed E-state index contributed by atoms with van der Waals surface area (Å²) in [5.74, 6) is 0. The first-order chi connectivity index (χ1) is 8.66. The van der Waals surface area contributed by atoms with E-state index in [9.17, 15) is 0 Å². The summed E-state index contributed by atoms with van der Waals surface area (Å²) < 4.78 is 1.21. The van der Waals surface area contributed by atoms with Crippen LogP contribution in [0.3, 0.4) is 0 Å². The molecule has 1 nitrogen and oxygen atoms in total. The van der Waals surface area contributed by atoms with Crippen LogP contribution >= 0.6 is 27.3 Å². The van der Waals surface area contributed by atoms with Crippen LogP contribution in [-0.4, -0.2) is 6.04 Å². The molecule has 0 aliphatic rings. The fourth-order valence-electron chi connectivity index (χ4n) is 2.14. The van der Waals surface area contributed by atoms with Gasteiger partial charge in [0.2, 0.25) is 0 Å². The number of hydrogen-bond acceptors (Lipinski definition) is 2. The SMILES string of the molecule is CC(Cc1ccccc1)NC(C)c1sccc1Br. The van der Waals surface area contributed by atoms with E-state index in [1.165, 1.54) is 14.9 Å². The van der Waals surface area contributed by atoms with Crippen LogP contribution in [0.5, 0.6) is 0 Å². The molecule has 0 spiro atoms. The van der Waals surface area contributed by atoms with E-state index in [-0.39, 0.29) is 0 Å². The second kappa shape index (κ2) is 6.50. The largest absolute Gasteiger partial charge is 0.307 e. The van der Waals surface area contributed by atoms with Gasteiger partial charge in [0.25, 0.3) is 0 Å². The number of thiophene rings is 1. The second-order valence-electron chi connectivity index (χ2n) is 4.61. The van der Waals surface area contributed by atoms with Crippen LogP contribution in [0, 0.1) is 0 Å². The van der Waals surface area contributed by atoms with Gasteiger partial charge in [-0.05, 0) is 53.2 Å². The highest BCUT2D eigenvalue weighted by molar-refractivity contribution is 9.10. The fraction of sp³-hybridized carbons (Fsp3) is 0.333. The first-order valence-corrected chi connectivity index (χ1v) is 7.87. The molecule has 0 fully saturated rings. The number of hydrogen-bond donors (Lipinski definition) is 1. The number of halogens is 1. The Bertz CT molecular complexity index is 480. The van der Waals surface area contributed by atoms with Crippen LogP contribution in [0.4, 0.5) is 0 Å². The molecule has 1 aromatic heterocycles. The molecule has 2 aromatic rings. The first-order valence-electron chi connectivity index (χ1n) is 6.19. The van der Waals surface area contributed by atoms with Crippen LogP contribution < -0.4 is 5.32 Å². The molecule has 0 amide bonds. The maximum atomic E-state index is 3.65. The molecule has 18 heavy (non-hydrogen) atoms. The topological polar surface area (TPSA) is 12.0 Å². The third-order valence-electron chi connectivity index (χ3n) is 2.96. The van der Waals surface area contributed by atoms with Gasteiger partial charge in [-0.25, -0.2) is 0 Å². The fourth-order valence-corrected chi connectivity index (χ4v) is 3.88. The van der Waals surface area contributed by atoms with Crippen LogP contribution in [0.25, 0.3) is 0 Å². The summed E-state index contributed by atoms with van der Waals surface area (Å²) in [4.78, 5) is 1.37. The van der Waals surface area contributed by atoms with Crippen LogP contribution in [-0.2, 0) is 6.42 Å². The summed E-state index contributed by atoms with van der Waals surface area (Å²) in [5, 5.41) is 5.78. The molecule has 0 bridgehead atoms. The Morgan fingerprint density at radius 3 is 2.50 bits per heavy atom. The van der Waals surface area contributed by atoms with E-state index < -0.39 is 0 Å². The molecule has 1 N–H and O–H groups in total. The van der Waals surface area contributed by atoms with Crippen molar-refractivity contribution in [2.24, 2.45) is 0 Å². The normalized spacial score (nSPS) is 14.4. The van der Waals surface area contributed by atoms with Gasteiger partial charge < -0.3 is 5.32 Å². The van der Waals surface area contributed by atoms with Crippen molar-refractivity contribution in [1.82, 2.24) is 5.32 Å². The lowest BCUT2D eigenvalue weighted by molar-refractivity contribution is 0.481. The standard InChI is InChI=1S/C15H18BrNS/c1-11(10-13-6-4-3-5-7-13)17-12(2)15-14(16)8-9-18-15/h3-9,11-12,17H,10H2,1-2H3. The monoisotopic (exact) mass is 323 g/mol. The molecule has 3 heteroatoms. The summed E-state index contributed by atoms with van der Waals surface area (Å²) in [6.07, 6.45) is 1.06. The van der Waals surface area contributed by atoms with E-state index in [1.807, 2.05) is 0 Å². The number of rotatable bonds is 5. The predicted molar refractivity (Wildman–Crippen MR) is 83.2 cm³/mol. The maximum absolute atomic E-state index is 3.65.